The van der Waals surface area contributed by atoms with Crippen molar-refractivity contribution in [1.82, 2.24) is 9.55 Å². The van der Waals surface area contributed by atoms with Gasteiger partial charge in [-0.15, -0.1) is 0 Å². The van der Waals surface area contributed by atoms with Crippen LogP contribution >= 0.6 is 0 Å². The zero-order valence-electron chi connectivity index (χ0n) is 8.51. The molecule has 0 atom stereocenters. The number of carbonyl (C=O) groups excluding carboxylic acids is 1. The molecule has 0 saturated heterocycles. The minimum absolute atomic E-state index is 0.636. The van der Waals surface area contributed by atoms with E-state index in [-0.39, 0.29) is 0 Å². The molecule has 0 radical (unpaired) electrons. The molecule has 1 aromatic carbocycles. The van der Waals surface area contributed by atoms with Gasteiger partial charge < -0.3 is 9.30 Å². The van der Waals surface area contributed by atoms with Crippen LogP contribution in [0, 0.1) is 0 Å². The molecule has 4 nitrogen and oxygen atoms in total. The van der Waals surface area contributed by atoms with Crippen molar-refractivity contribution in [3.05, 3.63) is 30.1 Å². The van der Waals surface area contributed by atoms with Gasteiger partial charge >= 0.3 is 0 Å². The topological polar surface area (TPSA) is 44.1 Å². The molecule has 0 N–H and O–H groups in total. The van der Waals surface area contributed by atoms with Crippen LogP contribution in [0.15, 0.2) is 24.5 Å². The van der Waals surface area contributed by atoms with Crippen LogP contribution in [0.25, 0.3) is 11.0 Å². The smallest absolute Gasteiger partial charge is 0.150 e. The number of benzene rings is 1. The Kier molecular flexibility index (Phi) is 2.78. The van der Waals surface area contributed by atoms with E-state index < -0.39 is 0 Å². The molecule has 0 bridgehead atoms. The van der Waals surface area contributed by atoms with Crippen LogP contribution in [0.5, 0.6) is 0 Å². The van der Waals surface area contributed by atoms with Crippen LogP contribution in [-0.2, 0) is 11.3 Å². The van der Waals surface area contributed by atoms with Crippen molar-refractivity contribution >= 4 is 17.3 Å². The Bertz CT molecular complexity index is 476. The lowest BCUT2D eigenvalue weighted by Gasteiger charge is -2.02. The summed E-state index contributed by atoms with van der Waals surface area (Å²) in [7, 11) is 1.66. The van der Waals surface area contributed by atoms with E-state index in [1.54, 1.807) is 19.5 Å². The molecular formula is C11H12N2O2. The summed E-state index contributed by atoms with van der Waals surface area (Å²) in [6.07, 6.45) is 2.60. The Morgan fingerprint density at radius 3 is 3.13 bits per heavy atom. The first-order valence-electron chi connectivity index (χ1n) is 4.74. The lowest BCUT2D eigenvalue weighted by molar-refractivity contribution is 0.112. The third kappa shape index (κ3) is 1.89. The Morgan fingerprint density at radius 2 is 2.40 bits per heavy atom. The number of rotatable bonds is 4. The molecule has 0 unspecified atom stereocenters. The Balaban J connectivity index is 2.42. The number of ether oxygens (including phenoxy) is 1. The van der Waals surface area contributed by atoms with E-state index in [1.165, 1.54) is 0 Å². The Hall–Kier alpha value is -1.68. The van der Waals surface area contributed by atoms with E-state index in [1.807, 2.05) is 16.7 Å². The molecule has 0 aliphatic rings. The minimum Gasteiger partial charge on any atom is -0.383 e. The maximum absolute atomic E-state index is 10.6. The summed E-state index contributed by atoms with van der Waals surface area (Å²) in [5, 5.41) is 0. The first-order chi connectivity index (χ1) is 7.35. The van der Waals surface area contributed by atoms with Gasteiger partial charge in [0.15, 0.2) is 0 Å². The van der Waals surface area contributed by atoms with E-state index in [9.17, 15) is 4.79 Å². The Labute approximate surface area is 87.5 Å². The van der Waals surface area contributed by atoms with Crippen molar-refractivity contribution in [2.45, 2.75) is 6.54 Å². The number of nitrogens with zero attached hydrogens (tertiary/aromatic N) is 2. The molecule has 0 saturated carbocycles. The van der Waals surface area contributed by atoms with Crippen LogP contribution in [0.4, 0.5) is 0 Å². The van der Waals surface area contributed by atoms with Gasteiger partial charge in [0.1, 0.15) is 6.29 Å². The van der Waals surface area contributed by atoms with Crippen LogP contribution in [0.1, 0.15) is 10.4 Å². The molecule has 0 aliphatic carbocycles. The number of aromatic nitrogens is 2. The number of hydrogen-bond acceptors (Lipinski definition) is 3. The summed E-state index contributed by atoms with van der Waals surface area (Å²) < 4.78 is 6.98. The van der Waals surface area contributed by atoms with Crippen LogP contribution in [0.3, 0.4) is 0 Å². The summed E-state index contributed by atoms with van der Waals surface area (Å²) in [5.41, 5.74) is 2.54. The highest BCUT2D eigenvalue weighted by molar-refractivity contribution is 5.84. The van der Waals surface area contributed by atoms with Crippen LogP contribution < -0.4 is 0 Å². The average Bonchev–Trinajstić information content (AvgIpc) is 2.68. The summed E-state index contributed by atoms with van der Waals surface area (Å²) >= 11 is 0. The maximum Gasteiger partial charge on any atom is 0.150 e. The lowest BCUT2D eigenvalue weighted by Crippen LogP contribution is -2.02. The molecule has 2 rings (SSSR count). The third-order valence-corrected chi connectivity index (χ3v) is 2.32. The normalized spacial score (nSPS) is 10.7. The van der Waals surface area contributed by atoms with Gasteiger partial charge in [-0.1, -0.05) is 0 Å². The van der Waals surface area contributed by atoms with Crippen LogP contribution in [0.2, 0.25) is 0 Å². The van der Waals surface area contributed by atoms with Gasteiger partial charge in [0.2, 0.25) is 0 Å². The van der Waals surface area contributed by atoms with Gasteiger partial charge in [0, 0.05) is 19.2 Å². The number of methoxy groups -OCH3 is 1. The van der Waals surface area contributed by atoms with E-state index in [0.29, 0.717) is 12.2 Å². The fourth-order valence-electron chi connectivity index (χ4n) is 1.51. The SMILES string of the molecule is COCCn1cnc2ccc(C=O)cc21. The van der Waals surface area contributed by atoms with E-state index in [0.717, 1.165) is 23.9 Å². The highest BCUT2D eigenvalue weighted by Crippen LogP contribution is 2.13. The van der Waals surface area contributed by atoms with Crippen LogP contribution in [-0.4, -0.2) is 29.6 Å². The van der Waals surface area contributed by atoms with Crippen molar-refractivity contribution in [1.29, 1.82) is 0 Å². The van der Waals surface area contributed by atoms with E-state index in [4.69, 9.17) is 4.74 Å². The fourth-order valence-corrected chi connectivity index (χ4v) is 1.51. The lowest BCUT2D eigenvalue weighted by atomic mass is 10.2. The highest BCUT2D eigenvalue weighted by atomic mass is 16.5. The summed E-state index contributed by atoms with van der Waals surface area (Å²) in [6, 6.07) is 5.45. The molecule has 2 aromatic rings. The minimum atomic E-state index is 0.636. The van der Waals surface area contributed by atoms with Crippen molar-refractivity contribution in [2.75, 3.05) is 13.7 Å². The molecule has 78 valence electrons. The number of carbonyl (C=O) groups is 1. The largest absolute Gasteiger partial charge is 0.383 e. The predicted octanol–water partition coefficient (Wildman–Crippen LogP) is 1.50. The molecular weight excluding hydrogens is 192 g/mol. The standard InChI is InChI=1S/C11H12N2O2/c1-15-5-4-13-8-12-10-3-2-9(7-14)6-11(10)13/h2-3,6-8H,4-5H2,1H3. The molecule has 0 fully saturated rings. The number of fused-ring (bicyclic) bond motifs is 1. The number of hydrogen-bond donors (Lipinski definition) is 0. The zero-order valence-corrected chi connectivity index (χ0v) is 8.51. The second-order valence-corrected chi connectivity index (χ2v) is 3.30. The van der Waals surface area contributed by atoms with Gasteiger partial charge in [0.25, 0.3) is 0 Å². The van der Waals surface area contributed by atoms with Crippen molar-refractivity contribution in [3.63, 3.8) is 0 Å². The van der Waals surface area contributed by atoms with E-state index in [2.05, 4.69) is 4.98 Å². The molecule has 15 heavy (non-hydrogen) atoms. The van der Waals surface area contributed by atoms with Gasteiger partial charge in [0.05, 0.1) is 24.0 Å². The first kappa shape index (κ1) is 9.86. The number of imidazole rings is 1. The zero-order chi connectivity index (χ0) is 10.7. The van der Waals surface area contributed by atoms with E-state index >= 15 is 0 Å². The molecule has 1 aromatic heterocycles. The molecule has 0 aliphatic heterocycles. The monoisotopic (exact) mass is 204 g/mol. The second kappa shape index (κ2) is 4.23. The summed E-state index contributed by atoms with van der Waals surface area (Å²) in [6.45, 7) is 1.38. The summed E-state index contributed by atoms with van der Waals surface area (Å²) in [5.74, 6) is 0. The Morgan fingerprint density at radius 1 is 1.53 bits per heavy atom. The van der Waals surface area contributed by atoms with Crippen molar-refractivity contribution < 1.29 is 9.53 Å². The molecule has 0 amide bonds. The van der Waals surface area contributed by atoms with Gasteiger partial charge in [-0.3, -0.25) is 4.79 Å². The van der Waals surface area contributed by atoms with Crippen molar-refractivity contribution in [3.8, 4) is 0 Å². The average molecular weight is 204 g/mol. The second-order valence-electron chi connectivity index (χ2n) is 3.30. The van der Waals surface area contributed by atoms with Gasteiger partial charge in [-0.25, -0.2) is 4.98 Å². The number of aldehydes is 1. The van der Waals surface area contributed by atoms with Gasteiger partial charge in [-0.05, 0) is 18.2 Å². The summed E-state index contributed by atoms with van der Waals surface area (Å²) in [4.78, 5) is 14.9. The maximum atomic E-state index is 10.6. The van der Waals surface area contributed by atoms with Gasteiger partial charge in [-0.2, -0.15) is 0 Å². The fraction of sp³-hybridized carbons (Fsp3) is 0.273. The third-order valence-electron chi connectivity index (χ3n) is 2.32. The quantitative estimate of drug-likeness (QED) is 0.709. The highest BCUT2D eigenvalue weighted by Gasteiger charge is 2.02. The predicted molar refractivity (Wildman–Crippen MR) is 57.0 cm³/mol. The molecule has 1 heterocycles. The molecule has 4 heteroatoms. The van der Waals surface area contributed by atoms with Crippen molar-refractivity contribution in [2.24, 2.45) is 0 Å². The molecule has 0 spiro atoms. The first-order valence-corrected chi connectivity index (χ1v) is 4.74.